The third kappa shape index (κ3) is 2.55. The number of rotatable bonds is 2. The molecular weight excluding hydrogens is 224 g/mol. The number of nitrogens with one attached hydrogen (secondary N) is 1. The van der Waals surface area contributed by atoms with Crippen LogP contribution >= 0.6 is 23.1 Å². The van der Waals surface area contributed by atoms with E-state index in [2.05, 4.69) is 26.1 Å². The summed E-state index contributed by atoms with van der Waals surface area (Å²) in [6.45, 7) is 7.74. The zero-order valence-corrected chi connectivity index (χ0v) is 11.2. The molecule has 1 aliphatic heterocycles. The van der Waals surface area contributed by atoms with Crippen LogP contribution in [-0.2, 0) is 0 Å². The van der Waals surface area contributed by atoms with E-state index in [4.69, 9.17) is 4.98 Å². The number of hydrogen-bond acceptors (Lipinski definition) is 4. The predicted octanol–water partition coefficient (Wildman–Crippen LogP) is 2.95. The van der Waals surface area contributed by atoms with Crippen LogP contribution in [0.1, 0.15) is 41.4 Å². The number of aryl methyl sites for hydroxylation is 1. The van der Waals surface area contributed by atoms with Gasteiger partial charge in [0.2, 0.25) is 0 Å². The molecule has 0 bridgehead atoms. The molecule has 0 spiro atoms. The summed E-state index contributed by atoms with van der Waals surface area (Å²) in [5.41, 5.74) is 1.28. The van der Waals surface area contributed by atoms with Crippen molar-refractivity contribution in [2.45, 2.75) is 32.7 Å². The zero-order chi connectivity index (χ0) is 10.8. The smallest absolute Gasteiger partial charge is 0.111 e. The van der Waals surface area contributed by atoms with E-state index in [0.717, 1.165) is 6.54 Å². The monoisotopic (exact) mass is 242 g/mol. The van der Waals surface area contributed by atoms with Crippen molar-refractivity contribution in [3.63, 3.8) is 0 Å². The first-order valence-electron chi connectivity index (χ1n) is 5.47. The van der Waals surface area contributed by atoms with Gasteiger partial charge in [-0.15, -0.1) is 11.3 Å². The summed E-state index contributed by atoms with van der Waals surface area (Å²) in [5.74, 6) is 2.95. The minimum atomic E-state index is 0.486. The fourth-order valence-electron chi connectivity index (χ4n) is 1.84. The Morgan fingerprint density at radius 3 is 2.80 bits per heavy atom. The molecule has 84 valence electrons. The van der Waals surface area contributed by atoms with E-state index in [1.807, 2.05) is 23.1 Å². The maximum absolute atomic E-state index is 4.78. The first-order chi connectivity index (χ1) is 7.18. The van der Waals surface area contributed by atoms with Crippen molar-refractivity contribution in [2.75, 3.05) is 18.1 Å². The lowest BCUT2D eigenvalue weighted by Crippen LogP contribution is -2.30. The van der Waals surface area contributed by atoms with Gasteiger partial charge in [-0.1, -0.05) is 13.8 Å². The quantitative estimate of drug-likeness (QED) is 0.863. The molecule has 1 aromatic rings. The lowest BCUT2D eigenvalue weighted by atomic mass is 10.1. The van der Waals surface area contributed by atoms with Gasteiger partial charge in [0.05, 0.1) is 11.7 Å². The van der Waals surface area contributed by atoms with E-state index in [1.54, 1.807) is 0 Å². The Labute approximate surface area is 99.9 Å². The molecule has 0 aromatic carbocycles. The van der Waals surface area contributed by atoms with Crippen LogP contribution in [0.4, 0.5) is 0 Å². The van der Waals surface area contributed by atoms with Gasteiger partial charge in [0.1, 0.15) is 5.01 Å². The molecule has 1 aromatic heterocycles. The maximum atomic E-state index is 4.78. The Morgan fingerprint density at radius 1 is 1.47 bits per heavy atom. The summed E-state index contributed by atoms with van der Waals surface area (Å²) in [6, 6.07) is 0.486. The van der Waals surface area contributed by atoms with Gasteiger partial charge < -0.3 is 5.32 Å². The Kier molecular flexibility index (Phi) is 3.69. The fraction of sp³-hybridized carbons (Fsp3) is 0.727. The van der Waals surface area contributed by atoms with Crippen molar-refractivity contribution in [1.29, 1.82) is 0 Å². The van der Waals surface area contributed by atoms with Crippen molar-refractivity contribution < 1.29 is 0 Å². The van der Waals surface area contributed by atoms with E-state index in [-0.39, 0.29) is 0 Å². The second-order valence-electron chi connectivity index (χ2n) is 4.23. The van der Waals surface area contributed by atoms with Crippen LogP contribution in [-0.4, -0.2) is 23.0 Å². The molecule has 15 heavy (non-hydrogen) atoms. The van der Waals surface area contributed by atoms with Gasteiger partial charge in [-0.25, -0.2) is 4.98 Å². The molecule has 2 nitrogen and oxygen atoms in total. The molecule has 0 radical (unpaired) electrons. The Bertz CT molecular complexity index is 327. The van der Waals surface area contributed by atoms with Gasteiger partial charge in [0.25, 0.3) is 0 Å². The minimum absolute atomic E-state index is 0.486. The summed E-state index contributed by atoms with van der Waals surface area (Å²) < 4.78 is 0. The second kappa shape index (κ2) is 4.85. The van der Waals surface area contributed by atoms with E-state index in [0.29, 0.717) is 12.0 Å². The van der Waals surface area contributed by atoms with Crippen LogP contribution < -0.4 is 5.32 Å². The molecule has 0 aliphatic carbocycles. The van der Waals surface area contributed by atoms with Crippen LogP contribution in [0.15, 0.2) is 0 Å². The highest BCUT2D eigenvalue weighted by Gasteiger charge is 2.20. The van der Waals surface area contributed by atoms with Gasteiger partial charge in [0, 0.05) is 22.9 Å². The SMILES string of the molecule is Cc1sc(C2CSCCN2)nc1C(C)C. The van der Waals surface area contributed by atoms with Crippen molar-refractivity contribution in [3.8, 4) is 0 Å². The van der Waals surface area contributed by atoms with Crippen molar-refractivity contribution in [2.24, 2.45) is 0 Å². The molecule has 2 rings (SSSR count). The molecular formula is C11H18N2S2. The fourth-order valence-corrected chi connectivity index (χ4v) is 4.04. The predicted molar refractivity (Wildman–Crippen MR) is 69.0 cm³/mol. The standard InChI is InChI=1S/C11H18N2S2/c1-7(2)10-8(3)15-11(13-10)9-6-14-5-4-12-9/h7,9,12H,4-6H2,1-3H3. The third-order valence-electron chi connectivity index (χ3n) is 2.62. The van der Waals surface area contributed by atoms with Crippen LogP contribution in [0.25, 0.3) is 0 Å². The summed E-state index contributed by atoms with van der Waals surface area (Å²) in [7, 11) is 0. The molecule has 2 heterocycles. The van der Waals surface area contributed by atoms with E-state index in [1.165, 1.54) is 27.1 Å². The number of nitrogens with zero attached hydrogens (tertiary/aromatic N) is 1. The van der Waals surface area contributed by atoms with E-state index in [9.17, 15) is 0 Å². The summed E-state index contributed by atoms with van der Waals surface area (Å²) in [4.78, 5) is 6.16. The molecule has 1 fully saturated rings. The highest BCUT2D eigenvalue weighted by molar-refractivity contribution is 7.99. The Hall–Kier alpha value is -0.0600. The molecule has 1 unspecified atom stereocenters. The summed E-state index contributed by atoms with van der Waals surface area (Å²) >= 11 is 3.89. The lowest BCUT2D eigenvalue weighted by Gasteiger charge is -2.20. The molecule has 0 amide bonds. The minimum Gasteiger partial charge on any atom is -0.306 e. The van der Waals surface area contributed by atoms with Gasteiger partial charge in [-0.2, -0.15) is 11.8 Å². The van der Waals surface area contributed by atoms with Crippen molar-refractivity contribution >= 4 is 23.1 Å². The first kappa shape index (κ1) is 11.4. The number of thioether (sulfide) groups is 1. The number of aromatic nitrogens is 1. The maximum Gasteiger partial charge on any atom is 0.111 e. The van der Waals surface area contributed by atoms with E-state index < -0.39 is 0 Å². The molecule has 0 saturated carbocycles. The number of thiazole rings is 1. The van der Waals surface area contributed by atoms with Gasteiger partial charge in [-0.05, 0) is 12.8 Å². The average molecular weight is 242 g/mol. The van der Waals surface area contributed by atoms with Crippen LogP contribution in [0.3, 0.4) is 0 Å². The molecule has 1 N–H and O–H groups in total. The summed E-state index contributed by atoms with van der Waals surface area (Å²) in [6.07, 6.45) is 0. The molecule has 1 aliphatic rings. The molecule has 1 saturated heterocycles. The normalized spacial score (nSPS) is 22.3. The van der Waals surface area contributed by atoms with Crippen LogP contribution in [0, 0.1) is 6.92 Å². The highest BCUT2D eigenvalue weighted by atomic mass is 32.2. The van der Waals surface area contributed by atoms with E-state index >= 15 is 0 Å². The second-order valence-corrected chi connectivity index (χ2v) is 6.61. The third-order valence-corrected chi connectivity index (χ3v) is 4.78. The van der Waals surface area contributed by atoms with Crippen molar-refractivity contribution in [1.82, 2.24) is 10.3 Å². The van der Waals surface area contributed by atoms with Gasteiger partial charge in [-0.3, -0.25) is 0 Å². The van der Waals surface area contributed by atoms with Crippen molar-refractivity contribution in [3.05, 3.63) is 15.6 Å². The highest BCUT2D eigenvalue weighted by Crippen LogP contribution is 2.30. The topological polar surface area (TPSA) is 24.9 Å². The molecule has 4 heteroatoms. The lowest BCUT2D eigenvalue weighted by molar-refractivity contribution is 0.589. The van der Waals surface area contributed by atoms with Gasteiger partial charge >= 0.3 is 0 Å². The van der Waals surface area contributed by atoms with Crippen LogP contribution in [0.2, 0.25) is 0 Å². The molecule has 1 atom stereocenters. The zero-order valence-electron chi connectivity index (χ0n) is 9.54. The van der Waals surface area contributed by atoms with Crippen LogP contribution in [0.5, 0.6) is 0 Å². The average Bonchev–Trinajstić information content (AvgIpc) is 2.62. The largest absolute Gasteiger partial charge is 0.306 e. The Morgan fingerprint density at radius 2 is 2.27 bits per heavy atom. The Balaban J connectivity index is 2.17. The number of hydrogen-bond donors (Lipinski definition) is 1. The first-order valence-corrected chi connectivity index (χ1v) is 7.44. The summed E-state index contributed by atoms with van der Waals surface area (Å²) in [5, 5.41) is 4.82. The van der Waals surface area contributed by atoms with Gasteiger partial charge in [0.15, 0.2) is 0 Å².